The predicted molar refractivity (Wildman–Crippen MR) is 131 cm³/mol. The van der Waals surface area contributed by atoms with Crippen molar-refractivity contribution in [1.29, 1.82) is 0 Å². The number of hydrogen-bond acceptors (Lipinski definition) is 5. The SMILES string of the molecule is O=C(Oc1c(-c2cnn(Cc3cccc(Cl)c3)c2)ccnc1-c1ncc(-c2ccccc2)[nH]1)C(F)(F)F. The van der Waals surface area contributed by atoms with Crippen molar-refractivity contribution in [3.63, 3.8) is 0 Å². The Hall–Kier alpha value is -4.44. The molecule has 7 nitrogen and oxygen atoms in total. The van der Waals surface area contributed by atoms with Gasteiger partial charge in [0.2, 0.25) is 0 Å². The standard InChI is InChI=1S/C26H17ClF3N5O2/c27-19-8-4-5-16(11-19)14-35-15-18(12-33-35)20-9-10-31-22(23(20)37-25(36)26(28,29)30)24-32-13-21(34-24)17-6-2-1-3-7-17/h1-13,15H,14H2,(H,32,34). The number of carbonyl (C=O) groups excluding carboxylic acids is 1. The van der Waals surface area contributed by atoms with Crippen molar-refractivity contribution in [2.75, 3.05) is 0 Å². The van der Waals surface area contributed by atoms with Gasteiger partial charge in [-0.25, -0.2) is 14.8 Å². The molecule has 0 atom stereocenters. The first-order valence-electron chi connectivity index (χ1n) is 10.9. The number of ether oxygens (including phenoxy) is 1. The molecule has 0 fully saturated rings. The van der Waals surface area contributed by atoms with Gasteiger partial charge in [-0.1, -0.05) is 54.1 Å². The molecule has 186 valence electrons. The van der Waals surface area contributed by atoms with Gasteiger partial charge < -0.3 is 9.72 Å². The molecule has 1 N–H and O–H groups in total. The molecule has 0 radical (unpaired) electrons. The van der Waals surface area contributed by atoms with Crippen LogP contribution in [0, 0.1) is 0 Å². The Bertz CT molecular complexity index is 1560. The maximum absolute atomic E-state index is 13.2. The van der Waals surface area contributed by atoms with E-state index in [0.717, 1.165) is 11.1 Å². The third kappa shape index (κ3) is 5.39. The molecule has 0 bridgehead atoms. The third-order valence-corrected chi connectivity index (χ3v) is 5.63. The fourth-order valence-electron chi connectivity index (χ4n) is 3.72. The Balaban J connectivity index is 1.55. The lowest BCUT2D eigenvalue weighted by Gasteiger charge is -2.13. The number of halogens is 4. The minimum absolute atomic E-state index is 0.0557. The van der Waals surface area contributed by atoms with Crippen molar-refractivity contribution in [1.82, 2.24) is 24.7 Å². The first-order chi connectivity index (χ1) is 17.8. The van der Waals surface area contributed by atoms with Gasteiger partial charge in [0.15, 0.2) is 11.6 Å². The van der Waals surface area contributed by atoms with Crippen molar-refractivity contribution in [2.45, 2.75) is 12.7 Å². The lowest BCUT2D eigenvalue weighted by atomic mass is 10.1. The van der Waals surface area contributed by atoms with Crippen LogP contribution in [0.2, 0.25) is 5.02 Å². The molecule has 3 aromatic heterocycles. The lowest BCUT2D eigenvalue weighted by Crippen LogP contribution is -2.28. The minimum Gasteiger partial charge on any atom is -0.417 e. The Morgan fingerprint density at radius 2 is 1.81 bits per heavy atom. The number of pyridine rings is 1. The highest BCUT2D eigenvalue weighted by molar-refractivity contribution is 6.30. The zero-order valence-corrected chi connectivity index (χ0v) is 19.7. The molecule has 5 aromatic rings. The number of H-pyrrole nitrogens is 1. The Labute approximate surface area is 213 Å². The molecule has 0 aliphatic heterocycles. The summed E-state index contributed by atoms with van der Waals surface area (Å²) in [5.74, 6) is -2.62. The van der Waals surface area contributed by atoms with Crippen LogP contribution >= 0.6 is 11.6 Å². The molecule has 0 aliphatic carbocycles. The number of esters is 1. The third-order valence-electron chi connectivity index (χ3n) is 5.39. The fraction of sp³-hybridized carbons (Fsp3) is 0.0769. The maximum atomic E-state index is 13.2. The zero-order chi connectivity index (χ0) is 26.0. The summed E-state index contributed by atoms with van der Waals surface area (Å²) in [4.78, 5) is 23.4. The minimum atomic E-state index is -5.21. The van der Waals surface area contributed by atoms with E-state index in [1.807, 2.05) is 36.4 Å². The summed E-state index contributed by atoms with van der Waals surface area (Å²) in [6.45, 7) is 0.370. The number of nitrogens with one attached hydrogen (secondary N) is 1. The number of aromatic amines is 1. The van der Waals surface area contributed by atoms with Gasteiger partial charge in [0.1, 0.15) is 5.69 Å². The van der Waals surface area contributed by atoms with Gasteiger partial charge in [0.05, 0.1) is 24.6 Å². The second-order valence-corrected chi connectivity index (χ2v) is 8.43. The van der Waals surface area contributed by atoms with Gasteiger partial charge >= 0.3 is 12.1 Å². The smallest absolute Gasteiger partial charge is 0.417 e. The van der Waals surface area contributed by atoms with Crippen molar-refractivity contribution < 1.29 is 22.7 Å². The molecule has 5 rings (SSSR count). The number of hydrogen-bond donors (Lipinski definition) is 1. The number of benzene rings is 2. The largest absolute Gasteiger partial charge is 0.491 e. The average molecular weight is 524 g/mol. The van der Waals surface area contributed by atoms with Crippen LogP contribution in [0.1, 0.15) is 5.56 Å². The van der Waals surface area contributed by atoms with E-state index < -0.39 is 12.1 Å². The number of imidazole rings is 1. The summed E-state index contributed by atoms with van der Waals surface area (Å²) in [6.07, 6.45) is 0.806. The van der Waals surface area contributed by atoms with Gasteiger partial charge in [0.25, 0.3) is 0 Å². The van der Waals surface area contributed by atoms with Crippen LogP contribution in [0.5, 0.6) is 5.75 Å². The van der Waals surface area contributed by atoms with Gasteiger partial charge in [-0.05, 0) is 29.3 Å². The highest BCUT2D eigenvalue weighted by Crippen LogP contribution is 2.38. The highest BCUT2D eigenvalue weighted by atomic mass is 35.5. The van der Waals surface area contributed by atoms with Gasteiger partial charge in [-0.15, -0.1) is 0 Å². The number of carbonyl (C=O) groups is 1. The first-order valence-corrected chi connectivity index (χ1v) is 11.3. The van der Waals surface area contributed by atoms with Gasteiger partial charge in [-0.3, -0.25) is 4.68 Å². The Kier molecular flexibility index (Phi) is 6.49. The fourth-order valence-corrected chi connectivity index (χ4v) is 3.93. The summed E-state index contributed by atoms with van der Waals surface area (Å²) in [5, 5.41) is 4.87. The summed E-state index contributed by atoms with van der Waals surface area (Å²) in [5.41, 5.74) is 2.87. The van der Waals surface area contributed by atoms with E-state index in [2.05, 4.69) is 20.1 Å². The van der Waals surface area contributed by atoms with Crippen molar-refractivity contribution in [3.05, 3.63) is 96.0 Å². The van der Waals surface area contributed by atoms with E-state index in [0.29, 0.717) is 22.8 Å². The number of rotatable bonds is 6. The van der Waals surface area contributed by atoms with E-state index in [4.69, 9.17) is 16.3 Å². The van der Waals surface area contributed by atoms with Crippen LogP contribution in [0.15, 0.2) is 85.5 Å². The predicted octanol–water partition coefficient (Wildman–Crippen LogP) is 6.17. The molecule has 11 heteroatoms. The summed E-state index contributed by atoms with van der Waals surface area (Å²) in [6, 6.07) is 17.9. The van der Waals surface area contributed by atoms with Crippen LogP contribution in [-0.4, -0.2) is 36.9 Å². The topological polar surface area (TPSA) is 85.7 Å². The normalized spacial score (nSPS) is 11.5. The summed E-state index contributed by atoms with van der Waals surface area (Å²) < 4.78 is 45.9. The van der Waals surface area contributed by atoms with Crippen molar-refractivity contribution >= 4 is 17.6 Å². The van der Waals surface area contributed by atoms with Crippen LogP contribution < -0.4 is 4.74 Å². The summed E-state index contributed by atoms with van der Waals surface area (Å²) in [7, 11) is 0. The second kappa shape index (κ2) is 9.90. The Morgan fingerprint density at radius 1 is 1.00 bits per heavy atom. The molecule has 37 heavy (non-hydrogen) atoms. The van der Waals surface area contributed by atoms with Gasteiger partial charge in [-0.2, -0.15) is 18.3 Å². The molecule has 0 amide bonds. The van der Waals surface area contributed by atoms with Crippen molar-refractivity contribution in [3.8, 4) is 39.7 Å². The Morgan fingerprint density at radius 3 is 2.57 bits per heavy atom. The molecule has 2 aromatic carbocycles. The van der Waals surface area contributed by atoms with Crippen LogP contribution in [0.3, 0.4) is 0 Å². The van der Waals surface area contributed by atoms with E-state index in [1.165, 1.54) is 24.7 Å². The molecular formula is C26H17ClF3N5O2. The lowest BCUT2D eigenvalue weighted by molar-refractivity contribution is -0.189. The quantitative estimate of drug-likeness (QED) is 0.269. The average Bonchev–Trinajstić information content (AvgIpc) is 3.54. The van der Waals surface area contributed by atoms with Gasteiger partial charge in [0, 0.05) is 28.5 Å². The number of alkyl halides is 3. The van der Waals surface area contributed by atoms with Crippen LogP contribution in [0.25, 0.3) is 33.9 Å². The van der Waals surface area contributed by atoms with E-state index in [-0.39, 0.29) is 22.8 Å². The second-order valence-electron chi connectivity index (χ2n) is 7.99. The van der Waals surface area contributed by atoms with Crippen LogP contribution in [0.4, 0.5) is 13.2 Å². The van der Waals surface area contributed by atoms with E-state index >= 15 is 0 Å². The van der Waals surface area contributed by atoms with E-state index in [1.54, 1.807) is 29.1 Å². The number of aromatic nitrogens is 5. The molecule has 3 heterocycles. The number of nitrogens with zero attached hydrogens (tertiary/aromatic N) is 4. The first kappa shape index (κ1) is 24.3. The van der Waals surface area contributed by atoms with Crippen molar-refractivity contribution in [2.24, 2.45) is 0 Å². The van der Waals surface area contributed by atoms with E-state index in [9.17, 15) is 18.0 Å². The molecule has 0 saturated heterocycles. The molecule has 0 spiro atoms. The molecule has 0 aliphatic rings. The summed E-state index contributed by atoms with van der Waals surface area (Å²) >= 11 is 6.05. The molecule has 0 saturated carbocycles. The molecular weight excluding hydrogens is 507 g/mol. The monoisotopic (exact) mass is 523 g/mol. The van der Waals surface area contributed by atoms with Crippen LogP contribution in [-0.2, 0) is 11.3 Å². The maximum Gasteiger partial charge on any atom is 0.491 e. The molecule has 0 unspecified atom stereocenters. The zero-order valence-electron chi connectivity index (χ0n) is 18.9. The highest BCUT2D eigenvalue weighted by Gasteiger charge is 2.42.